The van der Waals surface area contributed by atoms with Crippen molar-refractivity contribution in [2.75, 3.05) is 19.7 Å². The van der Waals surface area contributed by atoms with Crippen LogP contribution in [0.25, 0.3) is 0 Å². The van der Waals surface area contributed by atoms with E-state index >= 15 is 0 Å². The molecule has 2 atom stereocenters. The highest BCUT2D eigenvalue weighted by atomic mass is 35.5. The van der Waals surface area contributed by atoms with Gasteiger partial charge in [0.15, 0.2) is 0 Å². The molecule has 0 aromatic heterocycles. The van der Waals surface area contributed by atoms with Crippen molar-refractivity contribution in [2.24, 2.45) is 11.7 Å². The second-order valence-corrected chi connectivity index (χ2v) is 8.28. The first-order valence-corrected chi connectivity index (χ1v) is 10.2. The van der Waals surface area contributed by atoms with Crippen molar-refractivity contribution in [3.05, 3.63) is 63.1 Å². The van der Waals surface area contributed by atoms with Gasteiger partial charge in [-0.05, 0) is 29.8 Å². The Morgan fingerprint density at radius 2 is 2.10 bits per heavy atom. The Hall–Kier alpha value is -2.75. The molecule has 0 saturated heterocycles. The number of fused-ring (bicyclic) bond motifs is 1. The Balaban J connectivity index is 1.98. The van der Waals surface area contributed by atoms with Crippen molar-refractivity contribution in [3.63, 3.8) is 0 Å². The third-order valence-electron chi connectivity index (χ3n) is 5.00. The molecule has 156 valence electrons. The van der Waals surface area contributed by atoms with Crippen molar-refractivity contribution in [2.45, 2.75) is 19.3 Å². The molecule has 2 aromatic carbocycles. The second kappa shape index (κ2) is 9.38. The van der Waals surface area contributed by atoms with Crippen LogP contribution in [0.4, 0.5) is 0 Å². The van der Waals surface area contributed by atoms with Crippen LogP contribution in [-0.4, -0.2) is 36.4 Å². The van der Waals surface area contributed by atoms with E-state index in [1.807, 2.05) is 6.92 Å². The molecular weight excluding hydrogens is 425 g/mol. The number of para-hydroxylation sites is 1. The number of carbonyl (C=O) groups excluding carboxylic acids is 2. The van der Waals surface area contributed by atoms with E-state index in [9.17, 15) is 14.9 Å². The third kappa shape index (κ3) is 4.86. The Bertz CT molecular complexity index is 1020. The van der Waals surface area contributed by atoms with E-state index in [-0.39, 0.29) is 30.7 Å². The maximum absolute atomic E-state index is 13.4. The lowest BCUT2D eigenvalue weighted by Crippen LogP contribution is -2.41. The molecule has 0 bridgehead atoms. The highest BCUT2D eigenvalue weighted by molar-refractivity contribution is 6.42. The third-order valence-corrected chi connectivity index (χ3v) is 5.74. The molecular formula is C22H21Cl2N3O3. The van der Waals surface area contributed by atoms with Crippen molar-refractivity contribution in [1.29, 1.82) is 5.26 Å². The lowest BCUT2D eigenvalue weighted by Gasteiger charge is -2.32. The van der Waals surface area contributed by atoms with Gasteiger partial charge in [-0.25, -0.2) is 0 Å². The summed E-state index contributed by atoms with van der Waals surface area (Å²) in [5.41, 5.74) is 6.89. The molecule has 2 unspecified atom stereocenters. The molecule has 8 heteroatoms. The first-order chi connectivity index (χ1) is 14.3. The van der Waals surface area contributed by atoms with Crippen LogP contribution in [0.15, 0.2) is 36.4 Å². The average Bonchev–Trinajstić information content (AvgIpc) is 2.71. The molecule has 1 aliphatic heterocycles. The van der Waals surface area contributed by atoms with E-state index in [0.29, 0.717) is 40.1 Å². The topological polar surface area (TPSA) is 96.4 Å². The monoisotopic (exact) mass is 445 g/mol. The number of rotatable bonds is 5. The number of halogens is 2. The first kappa shape index (κ1) is 21.9. The highest BCUT2D eigenvalue weighted by Crippen LogP contribution is 2.32. The van der Waals surface area contributed by atoms with E-state index in [1.54, 1.807) is 41.3 Å². The molecule has 3 rings (SSSR count). The van der Waals surface area contributed by atoms with Gasteiger partial charge < -0.3 is 15.4 Å². The molecule has 2 amide bonds. The predicted octanol–water partition coefficient (Wildman–Crippen LogP) is 3.99. The summed E-state index contributed by atoms with van der Waals surface area (Å²) in [6.45, 7) is 3.02. The smallest absolute Gasteiger partial charge is 0.257 e. The van der Waals surface area contributed by atoms with Gasteiger partial charge in [-0.1, -0.05) is 42.3 Å². The van der Waals surface area contributed by atoms with Crippen molar-refractivity contribution in [3.8, 4) is 11.8 Å². The summed E-state index contributed by atoms with van der Waals surface area (Å²) < 4.78 is 5.79. The maximum atomic E-state index is 13.4. The van der Waals surface area contributed by atoms with Gasteiger partial charge in [-0.3, -0.25) is 9.59 Å². The fraction of sp³-hybridized carbons (Fsp3) is 0.318. The van der Waals surface area contributed by atoms with Gasteiger partial charge in [0.2, 0.25) is 5.91 Å². The molecule has 30 heavy (non-hydrogen) atoms. The molecule has 6 nitrogen and oxygen atoms in total. The lowest BCUT2D eigenvalue weighted by molar-refractivity contribution is -0.118. The summed E-state index contributed by atoms with van der Waals surface area (Å²) in [6, 6.07) is 12.1. The lowest BCUT2D eigenvalue weighted by atomic mass is 9.93. The van der Waals surface area contributed by atoms with Gasteiger partial charge in [0.1, 0.15) is 11.8 Å². The number of hydrogen-bond donors (Lipinski definition) is 1. The van der Waals surface area contributed by atoms with E-state index in [1.165, 1.54) is 0 Å². The van der Waals surface area contributed by atoms with Crippen LogP contribution in [0.3, 0.4) is 0 Å². The Kier molecular flexibility index (Phi) is 6.86. The molecule has 1 aliphatic rings. The molecule has 0 saturated carbocycles. The van der Waals surface area contributed by atoms with Crippen molar-refractivity contribution < 1.29 is 14.3 Å². The zero-order valence-corrected chi connectivity index (χ0v) is 17.9. The molecule has 0 fully saturated rings. The number of carbonyl (C=O) groups is 2. The molecule has 2 aromatic rings. The fourth-order valence-corrected chi connectivity index (χ4v) is 3.88. The summed E-state index contributed by atoms with van der Waals surface area (Å²) in [6.07, 6.45) is 0.0533. The summed E-state index contributed by atoms with van der Waals surface area (Å²) in [5.74, 6) is -0.770. The van der Waals surface area contributed by atoms with E-state index < -0.39 is 5.91 Å². The van der Waals surface area contributed by atoms with E-state index in [2.05, 4.69) is 6.07 Å². The summed E-state index contributed by atoms with van der Waals surface area (Å²) in [5, 5.41) is 10.2. The molecule has 0 aliphatic carbocycles. The molecule has 2 N–H and O–H groups in total. The second-order valence-electron chi connectivity index (χ2n) is 7.46. The standard InChI is InChI=1S/C22H21Cl2N3O3/c1-13-10-27(22(29)17-4-2-3-15(9-25)21(17)30-12-13)11-16(8-20(26)28)14-5-6-18(23)19(24)7-14/h2-7,13,16H,8,10-12H2,1H3,(H2,26,28). The zero-order chi connectivity index (χ0) is 21.8. The summed E-state index contributed by atoms with van der Waals surface area (Å²) in [4.78, 5) is 26.8. The SMILES string of the molecule is CC1COc2c(C#N)cccc2C(=O)N(CC(CC(N)=O)c2ccc(Cl)c(Cl)c2)C1. The average molecular weight is 446 g/mol. The van der Waals surface area contributed by atoms with Crippen LogP contribution < -0.4 is 10.5 Å². The summed E-state index contributed by atoms with van der Waals surface area (Å²) >= 11 is 12.2. The minimum Gasteiger partial charge on any atom is -0.491 e. The van der Waals surface area contributed by atoms with Crippen LogP contribution in [-0.2, 0) is 4.79 Å². The Morgan fingerprint density at radius 3 is 2.77 bits per heavy atom. The van der Waals surface area contributed by atoms with Crippen molar-refractivity contribution in [1.82, 2.24) is 4.90 Å². The van der Waals surface area contributed by atoms with E-state index in [4.69, 9.17) is 33.7 Å². The normalized spacial score (nSPS) is 17.2. The Morgan fingerprint density at radius 1 is 1.33 bits per heavy atom. The van der Waals surface area contributed by atoms with Crippen LogP contribution in [0.2, 0.25) is 10.0 Å². The van der Waals surface area contributed by atoms with E-state index in [0.717, 1.165) is 5.56 Å². The number of ether oxygens (including phenoxy) is 1. The quantitative estimate of drug-likeness (QED) is 0.751. The number of nitriles is 1. The van der Waals surface area contributed by atoms with Gasteiger partial charge in [0.05, 0.1) is 27.8 Å². The minimum absolute atomic E-state index is 0.0249. The van der Waals surface area contributed by atoms with Gasteiger partial charge in [-0.15, -0.1) is 0 Å². The molecule has 0 radical (unpaired) electrons. The minimum atomic E-state index is -0.478. The van der Waals surface area contributed by atoms with Gasteiger partial charge in [-0.2, -0.15) is 5.26 Å². The van der Waals surface area contributed by atoms with Gasteiger partial charge in [0, 0.05) is 31.3 Å². The number of nitrogens with zero attached hydrogens (tertiary/aromatic N) is 2. The van der Waals surface area contributed by atoms with Crippen LogP contribution >= 0.6 is 23.2 Å². The van der Waals surface area contributed by atoms with Gasteiger partial charge >= 0.3 is 0 Å². The molecule has 1 heterocycles. The first-order valence-electron chi connectivity index (χ1n) is 9.48. The number of benzene rings is 2. The number of amides is 2. The fourth-order valence-electron chi connectivity index (χ4n) is 3.58. The summed E-state index contributed by atoms with van der Waals surface area (Å²) in [7, 11) is 0. The maximum Gasteiger partial charge on any atom is 0.257 e. The Labute approximate surface area is 185 Å². The zero-order valence-electron chi connectivity index (χ0n) is 16.4. The number of primary amides is 1. The molecule has 0 spiro atoms. The largest absolute Gasteiger partial charge is 0.491 e. The van der Waals surface area contributed by atoms with Gasteiger partial charge in [0.25, 0.3) is 5.91 Å². The van der Waals surface area contributed by atoms with Crippen LogP contribution in [0, 0.1) is 17.2 Å². The predicted molar refractivity (Wildman–Crippen MR) is 115 cm³/mol. The van der Waals surface area contributed by atoms with Crippen molar-refractivity contribution >= 4 is 35.0 Å². The number of hydrogen-bond acceptors (Lipinski definition) is 4. The van der Waals surface area contributed by atoms with Crippen LogP contribution in [0.5, 0.6) is 5.75 Å². The number of nitrogens with two attached hydrogens (primary N) is 1. The van der Waals surface area contributed by atoms with Crippen LogP contribution in [0.1, 0.15) is 40.7 Å². The highest BCUT2D eigenvalue weighted by Gasteiger charge is 2.29.